The minimum absolute atomic E-state index is 0.0478. The molecule has 0 saturated heterocycles. The first-order chi connectivity index (χ1) is 24.1. The maximum absolute atomic E-state index is 12.2. The standard InChI is InChI=1S/C34H45IN2O12S3/c1-33(2)26-22-24(51(43,44)45)13-15-28(26)36(18-7-5-6-12-32(38)39)31(33)11-8-10-30-34(3,17-9-21-50(40,41)42)27-23-25(52(46,47)48)14-16-29(27)37(35-30)19-20-49-4/h8,10-11,13-16,22-23H,5-7,9,12,17-21H2,1-4H3,(H,38,39)(H,40,41,42)(H,43,44,45)(H,46,47,48)/b10-8+,31-11+. The summed E-state index contributed by atoms with van der Waals surface area (Å²) in [5, 5.41) is 9.06. The fourth-order valence-corrected chi connectivity index (χ4v) is 11.3. The molecule has 2 aliphatic rings. The van der Waals surface area contributed by atoms with Gasteiger partial charge in [0.25, 0.3) is 30.4 Å². The predicted octanol–water partition coefficient (Wildman–Crippen LogP) is 5.51. The lowest BCUT2D eigenvalue weighted by molar-refractivity contribution is -0.137. The molecule has 0 aliphatic carbocycles. The van der Waals surface area contributed by atoms with Crippen molar-refractivity contribution in [2.45, 2.75) is 79.9 Å². The topological polar surface area (TPSA) is 216 Å². The summed E-state index contributed by atoms with van der Waals surface area (Å²) >= 11 is -0.966. The van der Waals surface area contributed by atoms with Gasteiger partial charge in [-0.25, -0.2) is 0 Å². The number of nitrogens with zero attached hydrogens (tertiary/aromatic N) is 2. The van der Waals surface area contributed by atoms with E-state index < -0.39 is 73.9 Å². The first-order valence-corrected chi connectivity index (χ1v) is 23.0. The molecule has 4 N–H and O–H groups in total. The van der Waals surface area contributed by atoms with Gasteiger partial charge in [0.2, 0.25) is 0 Å². The van der Waals surface area contributed by atoms with Crippen LogP contribution in [0.1, 0.15) is 70.4 Å². The van der Waals surface area contributed by atoms with E-state index >= 15 is 0 Å². The molecule has 4 rings (SSSR count). The van der Waals surface area contributed by atoms with Crippen molar-refractivity contribution in [2.24, 2.45) is 0 Å². The molecule has 288 valence electrons. The van der Waals surface area contributed by atoms with E-state index in [-0.39, 0.29) is 29.1 Å². The number of hydrogen-bond acceptors (Lipinski definition) is 10. The fourth-order valence-electron chi connectivity index (χ4n) is 6.62. The Hall–Kier alpha value is -2.72. The summed E-state index contributed by atoms with van der Waals surface area (Å²) in [4.78, 5) is 12.6. The van der Waals surface area contributed by atoms with Crippen molar-refractivity contribution in [1.29, 1.82) is 0 Å². The molecular formula is C34H45IN2O12S3. The van der Waals surface area contributed by atoms with E-state index in [4.69, 9.17) is 9.84 Å². The van der Waals surface area contributed by atoms with Crippen LogP contribution >= 0.6 is 21.0 Å². The summed E-state index contributed by atoms with van der Waals surface area (Å²) in [7, 11) is -11.8. The van der Waals surface area contributed by atoms with Gasteiger partial charge in [0.15, 0.2) is 0 Å². The minimum Gasteiger partial charge on any atom is -0.481 e. The van der Waals surface area contributed by atoms with Crippen LogP contribution in [0.4, 0.5) is 11.4 Å². The number of halogens is 1. The average molecular weight is 897 g/mol. The molecule has 2 heterocycles. The van der Waals surface area contributed by atoms with Crippen LogP contribution in [0.25, 0.3) is 0 Å². The first-order valence-electron chi connectivity index (χ1n) is 16.5. The largest absolute Gasteiger partial charge is 0.481 e. The maximum atomic E-state index is 12.2. The summed E-state index contributed by atoms with van der Waals surface area (Å²) in [6, 6.07) is 8.80. The molecule has 0 saturated carbocycles. The Bertz CT molecular complexity index is 2110. The highest BCUT2D eigenvalue weighted by atomic mass is 127. The molecule has 18 heteroatoms. The molecule has 52 heavy (non-hydrogen) atoms. The molecule has 1 atom stereocenters. The molecule has 0 radical (unpaired) electrons. The van der Waals surface area contributed by atoms with E-state index in [0.717, 1.165) is 20.6 Å². The van der Waals surface area contributed by atoms with E-state index in [1.165, 1.54) is 24.3 Å². The van der Waals surface area contributed by atoms with Crippen LogP contribution in [0.2, 0.25) is 0 Å². The van der Waals surface area contributed by atoms with E-state index in [2.05, 4.69) is 8.01 Å². The first kappa shape index (κ1) is 42.0. The van der Waals surface area contributed by atoms with Gasteiger partial charge in [-0.3, -0.25) is 18.5 Å². The highest BCUT2D eigenvalue weighted by Gasteiger charge is 2.41. The second kappa shape index (κ2) is 16.3. The third-order valence-corrected chi connectivity index (χ3v) is 15.5. The number of allylic oxidation sites excluding steroid dienone is 4. The van der Waals surface area contributed by atoms with Crippen molar-refractivity contribution in [3.63, 3.8) is 0 Å². The summed E-state index contributed by atoms with van der Waals surface area (Å²) in [5.41, 5.74) is 1.93. The van der Waals surface area contributed by atoms with Gasteiger partial charge in [-0.15, -0.1) is 0 Å². The molecule has 0 spiro atoms. The summed E-state index contributed by atoms with van der Waals surface area (Å²) in [5.74, 6) is -1.37. The summed E-state index contributed by atoms with van der Waals surface area (Å²) in [6.45, 7) is 7.12. The second-order valence-electron chi connectivity index (χ2n) is 13.4. The number of hydrogen-bond donors (Lipinski definition) is 4. The van der Waals surface area contributed by atoms with Gasteiger partial charge in [0.05, 0.1) is 28.7 Å². The van der Waals surface area contributed by atoms with Gasteiger partial charge in [-0.1, -0.05) is 39.3 Å². The van der Waals surface area contributed by atoms with Crippen molar-refractivity contribution in [2.75, 3.05) is 40.6 Å². The number of fused-ring (bicyclic) bond motifs is 2. The van der Waals surface area contributed by atoms with E-state index in [1.54, 1.807) is 19.2 Å². The zero-order valence-electron chi connectivity index (χ0n) is 29.3. The Morgan fingerprint density at radius 3 is 2.04 bits per heavy atom. The average Bonchev–Trinajstić information content (AvgIpc) is 3.24. The van der Waals surface area contributed by atoms with E-state index in [9.17, 15) is 43.7 Å². The van der Waals surface area contributed by atoms with Crippen molar-refractivity contribution in [3.8, 4) is 0 Å². The Kier molecular flexibility index (Phi) is 13.2. The number of aliphatic carboxylic acids is 1. The van der Waals surface area contributed by atoms with Crippen molar-refractivity contribution < 1.29 is 53.5 Å². The number of methoxy groups -OCH3 is 1. The number of unbranched alkanes of at least 4 members (excludes halogenated alkanes) is 2. The van der Waals surface area contributed by atoms with Crippen LogP contribution in [0.15, 0.2) is 70.1 Å². The monoisotopic (exact) mass is 896 g/mol. The Morgan fingerprint density at radius 2 is 1.46 bits per heavy atom. The maximum Gasteiger partial charge on any atom is 0.303 e. The smallest absolute Gasteiger partial charge is 0.303 e. The molecule has 1 unspecified atom stereocenters. The fraction of sp³-hybridized carbons (Fsp3) is 0.471. The van der Waals surface area contributed by atoms with Crippen LogP contribution < -0.4 is 8.01 Å². The normalized spacial score (nSPS) is 19.8. The zero-order valence-corrected chi connectivity index (χ0v) is 33.9. The third-order valence-electron chi connectivity index (χ3n) is 9.34. The Morgan fingerprint density at radius 1 is 0.846 bits per heavy atom. The number of ether oxygens (including phenoxy) is 1. The number of rotatable bonds is 17. The molecule has 2 aromatic rings. The van der Waals surface area contributed by atoms with Gasteiger partial charge in [0, 0.05) is 72.5 Å². The molecule has 2 aromatic carbocycles. The van der Waals surface area contributed by atoms with Crippen LogP contribution in [0, 0.1) is 0 Å². The third kappa shape index (κ3) is 9.87. The highest BCUT2D eigenvalue weighted by molar-refractivity contribution is 14.2. The lowest BCUT2D eigenvalue weighted by Crippen LogP contribution is -2.38. The molecule has 14 nitrogen and oxygen atoms in total. The van der Waals surface area contributed by atoms with Crippen LogP contribution in [-0.2, 0) is 50.7 Å². The zero-order chi connectivity index (χ0) is 38.7. The lowest BCUT2D eigenvalue weighted by Gasteiger charge is -2.40. The Labute approximate surface area is 315 Å². The summed E-state index contributed by atoms with van der Waals surface area (Å²) in [6.07, 6.45) is 7.84. The quantitative estimate of drug-likeness (QED) is 0.0667. The van der Waals surface area contributed by atoms with E-state index in [1.807, 2.05) is 39.0 Å². The van der Waals surface area contributed by atoms with Crippen LogP contribution in [0.5, 0.6) is 0 Å². The molecule has 0 amide bonds. The number of carboxylic acids is 1. The molecule has 2 aliphatic heterocycles. The second-order valence-corrected chi connectivity index (χ2v) is 20.7. The van der Waals surface area contributed by atoms with Crippen molar-refractivity contribution in [3.05, 3.63) is 71.5 Å². The van der Waals surface area contributed by atoms with Crippen LogP contribution in [0.3, 0.4) is 0 Å². The van der Waals surface area contributed by atoms with Crippen LogP contribution in [-0.4, -0.2) is 86.1 Å². The number of carbonyl (C=O) groups is 1. The predicted molar refractivity (Wildman–Crippen MR) is 207 cm³/mol. The molecule has 0 aromatic heterocycles. The molecular weight excluding hydrogens is 851 g/mol. The SMILES string of the molecule is COCCN1I=C(/C=C/C=C2/N(CCCCCC(=O)O)c3ccc(S(=O)(=O)O)cc3C2(C)C)C(C)(CCCS(=O)(=O)O)c2cc(S(=O)(=O)O)ccc21. The van der Waals surface area contributed by atoms with Gasteiger partial charge in [-0.2, -0.15) is 25.3 Å². The van der Waals surface area contributed by atoms with Gasteiger partial charge >= 0.3 is 5.97 Å². The number of anilines is 2. The number of benzene rings is 2. The number of carboxylic acid groups (broad SMARTS) is 1. The van der Waals surface area contributed by atoms with Crippen molar-refractivity contribution in [1.82, 2.24) is 0 Å². The molecule has 0 bridgehead atoms. The minimum atomic E-state index is -4.58. The Balaban J connectivity index is 1.83. The van der Waals surface area contributed by atoms with E-state index in [0.29, 0.717) is 50.1 Å². The molecule has 0 fully saturated rings. The van der Waals surface area contributed by atoms with Gasteiger partial charge in [0.1, 0.15) is 0 Å². The summed E-state index contributed by atoms with van der Waals surface area (Å²) < 4.78 is 110. The van der Waals surface area contributed by atoms with Gasteiger partial charge in [-0.05, 0) is 79.3 Å². The van der Waals surface area contributed by atoms with Crippen molar-refractivity contribution >= 4 is 72.2 Å². The lowest BCUT2D eigenvalue weighted by atomic mass is 9.75. The highest BCUT2D eigenvalue weighted by Crippen LogP contribution is 2.50. The van der Waals surface area contributed by atoms with Gasteiger partial charge < -0.3 is 17.9 Å².